The van der Waals surface area contributed by atoms with Gasteiger partial charge in [0.05, 0.1) is 17.1 Å². The van der Waals surface area contributed by atoms with Crippen LogP contribution in [0.3, 0.4) is 0 Å². The predicted molar refractivity (Wildman–Crippen MR) is 99.0 cm³/mol. The van der Waals surface area contributed by atoms with Gasteiger partial charge in [-0.1, -0.05) is 15.9 Å². The first-order valence-corrected chi connectivity index (χ1v) is 10.1. The summed E-state index contributed by atoms with van der Waals surface area (Å²) in [5.41, 5.74) is 1.84. The number of hydrogen-bond donors (Lipinski definition) is 1. The number of hydrogen-bond acceptors (Lipinski definition) is 3. The number of benzene rings is 2. The fourth-order valence-electron chi connectivity index (χ4n) is 2.74. The largest absolute Gasteiger partial charge is 0.319 e. The Morgan fingerprint density at radius 2 is 2.04 bits per heavy atom. The van der Waals surface area contributed by atoms with Crippen molar-refractivity contribution in [1.82, 2.24) is 0 Å². The Balaban J connectivity index is 1.84. The number of anilines is 2. The number of amides is 1. The molecule has 3 rings (SSSR count). The van der Waals surface area contributed by atoms with E-state index in [-0.39, 0.29) is 11.4 Å². The van der Waals surface area contributed by atoms with Crippen LogP contribution in [0, 0.1) is 5.82 Å². The Bertz CT molecular complexity index is 947. The summed E-state index contributed by atoms with van der Waals surface area (Å²) in [6.07, 6.45) is 0.544. The van der Waals surface area contributed by atoms with E-state index in [1.807, 2.05) is 0 Å². The number of carbonyl (C=O) groups is 1. The first-order valence-electron chi connectivity index (χ1n) is 7.71. The molecule has 0 aromatic heterocycles. The zero-order valence-electron chi connectivity index (χ0n) is 13.4. The minimum atomic E-state index is -3.32. The van der Waals surface area contributed by atoms with Gasteiger partial charge < -0.3 is 5.32 Å². The van der Waals surface area contributed by atoms with Crippen molar-refractivity contribution in [3.05, 3.63) is 57.8 Å². The Morgan fingerprint density at radius 3 is 2.72 bits per heavy atom. The molecular weight excluding hydrogens is 411 g/mol. The smallest absolute Gasteiger partial charge is 0.255 e. The van der Waals surface area contributed by atoms with E-state index in [2.05, 4.69) is 21.2 Å². The van der Waals surface area contributed by atoms with E-state index < -0.39 is 21.7 Å². The van der Waals surface area contributed by atoms with Crippen LogP contribution in [0.25, 0.3) is 0 Å². The molecule has 1 aliphatic rings. The summed E-state index contributed by atoms with van der Waals surface area (Å²) in [6.45, 7) is 1.97. The topological polar surface area (TPSA) is 66.5 Å². The van der Waals surface area contributed by atoms with Gasteiger partial charge in [0.2, 0.25) is 10.0 Å². The summed E-state index contributed by atoms with van der Waals surface area (Å²) in [7, 11) is -3.32. The minimum absolute atomic E-state index is 0.0253. The van der Waals surface area contributed by atoms with Crippen LogP contribution in [-0.4, -0.2) is 26.6 Å². The van der Waals surface area contributed by atoms with Crippen molar-refractivity contribution in [2.24, 2.45) is 0 Å². The van der Waals surface area contributed by atoms with E-state index in [4.69, 9.17) is 0 Å². The third-order valence-electron chi connectivity index (χ3n) is 4.07. The minimum Gasteiger partial charge on any atom is -0.319 e. The van der Waals surface area contributed by atoms with Gasteiger partial charge in [-0.25, -0.2) is 12.8 Å². The second-order valence-electron chi connectivity index (χ2n) is 5.64. The lowest BCUT2D eigenvalue weighted by Crippen LogP contribution is -2.30. The number of fused-ring (bicyclic) bond motifs is 1. The van der Waals surface area contributed by atoms with Crippen molar-refractivity contribution in [3.63, 3.8) is 0 Å². The zero-order valence-corrected chi connectivity index (χ0v) is 15.8. The fourth-order valence-corrected chi connectivity index (χ4v) is 4.23. The normalized spacial score (nSPS) is 13.6. The molecular formula is C17H16BrFN2O3S. The number of halogens is 2. The van der Waals surface area contributed by atoms with Crippen LogP contribution in [0.1, 0.15) is 22.8 Å². The van der Waals surface area contributed by atoms with Gasteiger partial charge >= 0.3 is 0 Å². The first-order chi connectivity index (χ1) is 11.8. The highest BCUT2D eigenvalue weighted by molar-refractivity contribution is 9.10. The van der Waals surface area contributed by atoms with Crippen molar-refractivity contribution in [2.75, 3.05) is 21.9 Å². The molecule has 1 aliphatic heterocycles. The summed E-state index contributed by atoms with van der Waals surface area (Å²) < 4.78 is 40.0. The quantitative estimate of drug-likeness (QED) is 0.812. The van der Waals surface area contributed by atoms with Crippen LogP contribution >= 0.6 is 15.9 Å². The Morgan fingerprint density at radius 1 is 1.28 bits per heavy atom. The molecule has 8 heteroatoms. The maximum Gasteiger partial charge on any atom is 0.255 e. The van der Waals surface area contributed by atoms with E-state index in [9.17, 15) is 17.6 Å². The predicted octanol–water partition coefficient (Wildman–Crippen LogP) is 3.55. The van der Waals surface area contributed by atoms with E-state index >= 15 is 0 Å². The van der Waals surface area contributed by atoms with Gasteiger partial charge in [-0.05, 0) is 55.3 Å². The van der Waals surface area contributed by atoms with Crippen LogP contribution in [0.15, 0.2) is 40.9 Å². The lowest BCUT2D eigenvalue weighted by Gasteiger charge is -2.18. The number of nitrogens with one attached hydrogen (secondary N) is 1. The Labute approximate surface area is 154 Å². The van der Waals surface area contributed by atoms with Crippen molar-refractivity contribution in [2.45, 2.75) is 13.3 Å². The average Bonchev–Trinajstić information content (AvgIpc) is 3.01. The molecule has 0 radical (unpaired) electrons. The van der Waals surface area contributed by atoms with Crippen LogP contribution in [0.2, 0.25) is 0 Å². The van der Waals surface area contributed by atoms with E-state index in [0.717, 1.165) is 5.56 Å². The summed E-state index contributed by atoms with van der Waals surface area (Å²) >= 11 is 3.16. The lowest BCUT2D eigenvalue weighted by atomic mass is 10.1. The molecule has 0 bridgehead atoms. The maximum atomic E-state index is 13.8. The molecule has 0 aliphatic carbocycles. The second-order valence-corrected chi connectivity index (χ2v) is 8.74. The van der Waals surface area contributed by atoms with E-state index in [1.54, 1.807) is 31.2 Å². The van der Waals surface area contributed by atoms with Gasteiger partial charge in [-0.2, -0.15) is 0 Å². The van der Waals surface area contributed by atoms with E-state index in [0.29, 0.717) is 28.7 Å². The maximum absolute atomic E-state index is 13.8. The molecule has 0 unspecified atom stereocenters. The molecule has 0 saturated carbocycles. The molecule has 0 spiro atoms. The molecule has 1 amide bonds. The molecule has 2 aromatic carbocycles. The number of sulfonamides is 1. The highest BCUT2D eigenvalue weighted by atomic mass is 79.9. The summed E-state index contributed by atoms with van der Waals surface area (Å²) in [5, 5.41) is 2.53. The van der Waals surface area contributed by atoms with Crippen LogP contribution in [0.5, 0.6) is 0 Å². The second kappa shape index (κ2) is 6.76. The van der Waals surface area contributed by atoms with Crippen molar-refractivity contribution in [3.8, 4) is 0 Å². The SMILES string of the molecule is CCS(=O)(=O)N1CCc2cc(C(=O)Nc3ccc(Br)cc3F)ccc21. The van der Waals surface area contributed by atoms with Gasteiger partial charge in [0, 0.05) is 16.6 Å². The zero-order chi connectivity index (χ0) is 18.2. The lowest BCUT2D eigenvalue weighted by molar-refractivity contribution is 0.102. The van der Waals surface area contributed by atoms with Crippen molar-refractivity contribution in [1.29, 1.82) is 0 Å². The van der Waals surface area contributed by atoms with Crippen molar-refractivity contribution >= 4 is 43.2 Å². The molecule has 5 nitrogen and oxygen atoms in total. The Kier molecular flexibility index (Phi) is 4.83. The first kappa shape index (κ1) is 17.9. The van der Waals surface area contributed by atoms with Gasteiger partial charge in [-0.15, -0.1) is 0 Å². The summed E-state index contributed by atoms with van der Waals surface area (Å²) in [5.74, 6) is -0.956. The molecule has 2 aromatic rings. The standard InChI is InChI=1S/C17H16BrFN2O3S/c1-2-25(23,24)21-8-7-11-9-12(3-6-16(11)21)17(22)20-15-5-4-13(18)10-14(15)19/h3-6,9-10H,2,7-8H2,1H3,(H,20,22). The highest BCUT2D eigenvalue weighted by Crippen LogP contribution is 2.31. The van der Waals surface area contributed by atoms with Crippen molar-refractivity contribution < 1.29 is 17.6 Å². The van der Waals surface area contributed by atoms with Gasteiger partial charge in [0.15, 0.2) is 0 Å². The summed E-state index contributed by atoms with van der Waals surface area (Å²) in [6, 6.07) is 9.21. The average molecular weight is 427 g/mol. The number of carbonyl (C=O) groups excluding carboxylic acids is 1. The van der Waals surface area contributed by atoms with Gasteiger partial charge in [0.1, 0.15) is 5.82 Å². The van der Waals surface area contributed by atoms with Crippen LogP contribution < -0.4 is 9.62 Å². The van der Waals surface area contributed by atoms with Gasteiger partial charge in [0.25, 0.3) is 5.91 Å². The number of nitrogens with zero attached hydrogens (tertiary/aromatic N) is 1. The third kappa shape index (κ3) is 3.55. The van der Waals surface area contributed by atoms with E-state index in [1.165, 1.54) is 16.4 Å². The highest BCUT2D eigenvalue weighted by Gasteiger charge is 2.28. The molecule has 25 heavy (non-hydrogen) atoms. The van der Waals surface area contributed by atoms with Crippen LogP contribution in [0.4, 0.5) is 15.8 Å². The molecule has 0 fully saturated rings. The molecule has 1 N–H and O–H groups in total. The monoisotopic (exact) mass is 426 g/mol. The third-order valence-corrected chi connectivity index (χ3v) is 6.35. The fraction of sp³-hybridized carbons (Fsp3) is 0.235. The summed E-state index contributed by atoms with van der Waals surface area (Å²) in [4.78, 5) is 12.4. The number of rotatable bonds is 4. The molecule has 0 saturated heterocycles. The molecule has 0 atom stereocenters. The molecule has 132 valence electrons. The Hall–Kier alpha value is -1.93. The van der Waals surface area contributed by atoms with Crippen LogP contribution in [-0.2, 0) is 16.4 Å². The van der Waals surface area contributed by atoms with Gasteiger partial charge in [-0.3, -0.25) is 9.10 Å². The molecule has 1 heterocycles.